The molecule has 7 heteroatoms. The number of aliphatic carboxylic acids is 1. The second-order valence-electron chi connectivity index (χ2n) is 9.71. The molecule has 1 unspecified atom stereocenters. The molecule has 1 fully saturated rings. The molecule has 1 saturated heterocycles. The molecule has 0 aromatic carbocycles. The summed E-state index contributed by atoms with van der Waals surface area (Å²) < 4.78 is 18.5. The summed E-state index contributed by atoms with van der Waals surface area (Å²) in [5.41, 5.74) is -0.748. The molecule has 0 spiro atoms. The molecule has 1 aliphatic heterocycles. The predicted octanol–water partition coefficient (Wildman–Crippen LogP) is 4.82. The van der Waals surface area contributed by atoms with E-state index in [1.54, 1.807) is 0 Å². The van der Waals surface area contributed by atoms with E-state index in [0.29, 0.717) is 12.8 Å². The minimum absolute atomic E-state index is 0.0935. The van der Waals surface area contributed by atoms with Crippen LogP contribution in [0.4, 0.5) is 0 Å². The average molecular weight is 384 g/mol. The van der Waals surface area contributed by atoms with Gasteiger partial charge in [0.25, 0.3) is 0 Å². The fourth-order valence-electron chi connectivity index (χ4n) is 2.39. The molecule has 26 heavy (non-hydrogen) atoms. The van der Waals surface area contributed by atoms with Crippen molar-refractivity contribution < 1.29 is 23.6 Å². The van der Waals surface area contributed by atoms with Crippen LogP contribution in [-0.2, 0) is 18.5 Å². The first-order valence-electron chi connectivity index (χ1n) is 9.51. The highest BCUT2D eigenvalue weighted by atomic mass is 28.4. The molecule has 1 rings (SSSR count). The van der Waals surface area contributed by atoms with E-state index in [-0.39, 0.29) is 28.8 Å². The Labute approximate surface area is 160 Å². The second kappa shape index (κ2) is 8.17. The summed E-state index contributed by atoms with van der Waals surface area (Å²) in [5, 5.41) is 9.01. The first kappa shape index (κ1) is 23.4. The molecule has 0 saturated carbocycles. The Balaban J connectivity index is 2.83. The van der Waals surface area contributed by atoms with Crippen LogP contribution in [0.3, 0.4) is 0 Å². The van der Waals surface area contributed by atoms with Crippen molar-refractivity contribution in [1.82, 2.24) is 0 Å². The lowest BCUT2D eigenvalue weighted by atomic mass is 9.89. The third-order valence-electron chi connectivity index (χ3n) is 5.89. The van der Waals surface area contributed by atoms with Gasteiger partial charge in [-0.25, -0.2) is 0 Å². The van der Waals surface area contributed by atoms with Gasteiger partial charge in [0.1, 0.15) is 0 Å². The van der Waals surface area contributed by atoms with Crippen molar-refractivity contribution in [3.8, 4) is 0 Å². The molecule has 1 N–H and O–H groups in total. The number of hydrogen-bond donors (Lipinski definition) is 1. The standard InChI is InChI=1S/C19H37BO5Si/c1-17(2,3)26(8,9)23-15(11-10-12-16(21)22)13-14-20-24-18(4,5)19(6,7)25-20/h13-15H,10-12H2,1-9H3,(H,21,22)/b14-13+. The van der Waals surface area contributed by atoms with Gasteiger partial charge in [-0.2, -0.15) is 0 Å². The number of carboxylic acids is 1. The van der Waals surface area contributed by atoms with Crippen molar-refractivity contribution in [1.29, 1.82) is 0 Å². The molecular formula is C19H37BO5Si. The van der Waals surface area contributed by atoms with Crippen LogP contribution >= 0.6 is 0 Å². The van der Waals surface area contributed by atoms with Gasteiger partial charge in [-0.3, -0.25) is 4.79 Å². The molecule has 0 radical (unpaired) electrons. The summed E-state index contributed by atoms with van der Waals surface area (Å²) in [4.78, 5) is 10.8. The van der Waals surface area contributed by atoms with Gasteiger partial charge in [0.2, 0.25) is 0 Å². The average Bonchev–Trinajstić information content (AvgIpc) is 2.62. The smallest absolute Gasteiger partial charge is 0.481 e. The molecule has 5 nitrogen and oxygen atoms in total. The lowest BCUT2D eigenvalue weighted by Gasteiger charge is -2.38. The summed E-state index contributed by atoms with van der Waals surface area (Å²) in [6.07, 6.45) is 3.28. The Hall–Kier alpha value is -0.628. The molecule has 1 atom stereocenters. The molecule has 1 aliphatic rings. The van der Waals surface area contributed by atoms with Gasteiger partial charge in [-0.05, 0) is 58.7 Å². The molecule has 0 aromatic rings. The van der Waals surface area contributed by atoms with Crippen molar-refractivity contribution in [2.24, 2.45) is 0 Å². The maximum absolute atomic E-state index is 10.8. The first-order valence-corrected chi connectivity index (χ1v) is 12.4. The SMILES string of the molecule is CC1(C)OB(/C=C/C(CCCC(=O)O)O[Si](C)(C)C(C)(C)C)OC1(C)C. The Morgan fingerprint density at radius 1 is 1.19 bits per heavy atom. The molecule has 1 heterocycles. The van der Waals surface area contributed by atoms with E-state index in [1.807, 2.05) is 39.7 Å². The van der Waals surface area contributed by atoms with Crippen LogP contribution in [0.15, 0.2) is 12.1 Å². The van der Waals surface area contributed by atoms with E-state index in [0.717, 1.165) is 0 Å². The third kappa shape index (κ3) is 6.22. The van der Waals surface area contributed by atoms with Gasteiger partial charge in [-0.15, -0.1) is 0 Å². The largest absolute Gasteiger partial charge is 0.486 e. The number of carbonyl (C=O) groups is 1. The fourth-order valence-corrected chi connectivity index (χ4v) is 3.69. The van der Waals surface area contributed by atoms with Gasteiger partial charge in [0, 0.05) is 6.42 Å². The maximum Gasteiger partial charge on any atom is 0.486 e. The van der Waals surface area contributed by atoms with E-state index >= 15 is 0 Å². The van der Waals surface area contributed by atoms with Gasteiger partial charge in [0.15, 0.2) is 8.32 Å². The van der Waals surface area contributed by atoms with Crippen molar-refractivity contribution >= 4 is 21.4 Å². The lowest BCUT2D eigenvalue weighted by Crippen LogP contribution is -2.43. The molecular weight excluding hydrogens is 347 g/mol. The van der Waals surface area contributed by atoms with E-state index in [2.05, 4.69) is 33.9 Å². The van der Waals surface area contributed by atoms with Crippen LogP contribution in [0.2, 0.25) is 18.1 Å². The molecule has 0 bridgehead atoms. The van der Waals surface area contributed by atoms with E-state index in [9.17, 15) is 4.79 Å². The lowest BCUT2D eigenvalue weighted by molar-refractivity contribution is -0.137. The summed E-state index contributed by atoms with van der Waals surface area (Å²) >= 11 is 0. The second-order valence-corrected chi connectivity index (χ2v) is 14.5. The van der Waals surface area contributed by atoms with Crippen LogP contribution in [0.1, 0.15) is 67.7 Å². The minimum Gasteiger partial charge on any atom is -0.481 e. The highest BCUT2D eigenvalue weighted by Crippen LogP contribution is 2.39. The van der Waals surface area contributed by atoms with Crippen molar-refractivity contribution in [2.75, 3.05) is 0 Å². The normalized spacial score (nSPS) is 21.3. The zero-order valence-electron chi connectivity index (χ0n) is 18.0. The van der Waals surface area contributed by atoms with Crippen LogP contribution in [-0.4, -0.2) is 43.8 Å². The van der Waals surface area contributed by atoms with Crippen LogP contribution < -0.4 is 0 Å². The number of hydrogen-bond acceptors (Lipinski definition) is 4. The summed E-state index contributed by atoms with van der Waals surface area (Å²) in [6.45, 7) is 19.1. The highest BCUT2D eigenvalue weighted by molar-refractivity contribution is 6.74. The third-order valence-corrected chi connectivity index (χ3v) is 10.4. The zero-order valence-corrected chi connectivity index (χ0v) is 19.0. The van der Waals surface area contributed by atoms with E-state index < -0.39 is 21.4 Å². The Morgan fingerprint density at radius 3 is 2.12 bits per heavy atom. The van der Waals surface area contributed by atoms with Crippen molar-refractivity contribution in [2.45, 2.75) is 103 Å². The van der Waals surface area contributed by atoms with Crippen molar-refractivity contribution in [3.05, 3.63) is 12.1 Å². The van der Waals surface area contributed by atoms with Gasteiger partial charge < -0.3 is 18.8 Å². The van der Waals surface area contributed by atoms with E-state index in [4.69, 9.17) is 18.8 Å². The zero-order chi connectivity index (χ0) is 20.4. The monoisotopic (exact) mass is 384 g/mol. The summed E-state index contributed by atoms with van der Waals surface area (Å²) in [7, 11) is -2.37. The molecule has 150 valence electrons. The molecule has 0 amide bonds. The van der Waals surface area contributed by atoms with Crippen molar-refractivity contribution in [3.63, 3.8) is 0 Å². The highest BCUT2D eigenvalue weighted by Gasteiger charge is 2.50. The quantitative estimate of drug-likeness (QED) is 0.608. The summed E-state index contributed by atoms with van der Waals surface area (Å²) in [6, 6.07) is 0. The summed E-state index contributed by atoms with van der Waals surface area (Å²) in [5.74, 6) is 1.14. The Kier molecular flexibility index (Phi) is 7.35. The fraction of sp³-hybridized carbons (Fsp3) is 0.842. The topological polar surface area (TPSA) is 65.0 Å². The Morgan fingerprint density at radius 2 is 1.69 bits per heavy atom. The van der Waals surface area contributed by atoms with E-state index in [1.165, 1.54) is 0 Å². The minimum atomic E-state index is -1.96. The van der Waals surface area contributed by atoms with Crippen LogP contribution in [0, 0.1) is 0 Å². The molecule has 0 aliphatic carbocycles. The van der Waals surface area contributed by atoms with Crippen LogP contribution in [0.25, 0.3) is 0 Å². The Bertz CT molecular complexity index is 507. The van der Waals surface area contributed by atoms with Gasteiger partial charge in [0.05, 0.1) is 17.3 Å². The molecule has 0 aromatic heterocycles. The number of rotatable bonds is 8. The maximum atomic E-state index is 10.8. The first-order chi connectivity index (χ1) is 11.6. The van der Waals surface area contributed by atoms with Crippen LogP contribution in [0.5, 0.6) is 0 Å². The predicted molar refractivity (Wildman–Crippen MR) is 109 cm³/mol. The van der Waals surface area contributed by atoms with Gasteiger partial charge >= 0.3 is 13.1 Å². The number of carboxylic acid groups (broad SMARTS) is 1. The van der Waals surface area contributed by atoms with Gasteiger partial charge in [-0.1, -0.05) is 32.8 Å².